The molecule has 2 bridgehead atoms. The number of nitrogens with zero attached hydrogens (tertiary/aromatic N) is 1. The third-order valence-corrected chi connectivity index (χ3v) is 7.58. The summed E-state index contributed by atoms with van der Waals surface area (Å²) in [5.41, 5.74) is 1.77. The molecule has 1 aliphatic heterocycles. The number of nitrogens with one attached hydrogen (secondary N) is 1. The molecule has 1 amide bonds. The van der Waals surface area contributed by atoms with Gasteiger partial charge in [0, 0.05) is 18.7 Å². The van der Waals surface area contributed by atoms with Crippen molar-refractivity contribution in [2.75, 3.05) is 6.61 Å². The summed E-state index contributed by atoms with van der Waals surface area (Å²) in [6.07, 6.45) is 4.91. The van der Waals surface area contributed by atoms with E-state index in [1.165, 1.54) is 24.7 Å². The zero-order valence-corrected chi connectivity index (χ0v) is 15.9. The van der Waals surface area contributed by atoms with Gasteiger partial charge < -0.3 is 14.6 Å². The first-order valence-electron chi connectivity index (χ1n) is 9.90. The van der Waals surface area contributed by atoms with E-state index in [0.717, 1.165) is 13.0 Å². The van der Waals surface area contributed by atoms with Crippen LogP contribution in [0.4, 0.5) is 0 Å². The third kappa shape index (κ3) is 2.40. The van der Waals surface area contributed by atoms with E-state index in [2.05, 4.69) is 48.6 Å². The number of carbonyl (C=O) groups excluding carboxylic acids is 1. The lowest BCUT2D eigenvalue weighted by molar-refractivity contribution is -0.120. The lowest BCUT2D eigenvalue weighted by Crippen LogP contribution is -2.58. The van der Waals surface area contributed by atoms with Crippen LogP contribution in [0.3, 0.4) is 0 Å². The number of ether oxygens (including phenoxy) is 1. The predicted octanol–water partition coefficient (Wildman–Crippen LogP) is 3.99. The number of hydrogen-bond acceptors (Lipinski definition) is 4. The molecule has 2 heterocycles. The Bertz CT molecular complexity index is 833. The van der Waals surface area contributed by atoms with Gasteiger partial charge in [-0.2, -0.15) is 0 Å². The molecule has 2 saturated carbocycles. The second kappa shape index (κ2) is 5.93. The van der Waals surface area contributed by atoms with Crippen molar-refractivity contribution >= 4 is 5.91 Å². The summed E-state index contributed by atoms with van der Waals surface area (Å²) in [4.78, 5) is 12.8. The fourth-order valence-corrected chi connectivity index (χ4v) is 6.29. The highest BCUT2D eigenvalue weighted by molar-refractivity contribution is 5.92. The minimum atomic E-state index is -0.134. The highest BCUT2D eigenvalue weighted by atomic mass is 16.5. The normalized spacial score (nSPS) is 36.4. The van der Waals surface area contributed by atoms with Gasteiger partial charge in [-0.05, 0) is 47.5 Å². The van der Waals surface area contributed by atoms with Crippen LogP contribution in [0.2, 0.25) is 0 Å². The highest BCUT2D eigenvalue weighted by Crippen LogP contribution is 2.70. The molecule has 142 valence electrons. The maximum atomic E-state index is 12.8. The molecule has 0 radical (unpaired) electrons. The van der Waals surface area contributed by atoms with Crippen molar-refractivity contribution in [1.82, 2.24) is 10.5 Å². The summed E-state index contributed by atoms with van der Waals surface area (Å²) < 4.78 is 11.1. The van der Waals surface area contributed by atoms with Crippen molar-refractivity contribution in [3.05, 3.63) is 53.9 Å². The van der Waals surface area contributed by atoms with Crippen molar-refractivity contribution < 1.29 is 14.1 Å². The predicted molar refractivity (Wildman–Crippen MR) is 99.9 cm³/mol. The van der Waals surface area contributed by atoms with Crippen LogP contribution < -0.4 is 5.32 Å². The van der Waals surface area contributed by atoms with E-state index in [1.807, 2.05) is 6.07 Å². The number of amides is 1. The zero-order valence-electron chi connectivity index (χ0n) is 15.9. The lowest BCUT2D eigenvalue weighted by atomic mass is 9.59. The summed E-state index contributed by atoms with van der Waals surface area (Å²) in [5, 5.41) is 7.17. The number of hydrogen-bond donors (Lipinski definition) is 1. The zero-order chi connectivity index (χ0) is 18.6. The summed E-state index contributed by atoms with van der Waals surface area (Å²) >= 11 is 0. The Labute approximate surface area is 159 Å². The molecule has 1 spiro atoms. The van der Waals surface area contributed by atoms with Gasteiger partial charge in [-0.1, -0.05) is 49.3 Å². The van der Waals surface area contributed by atoms with Gasteiger partial charge in [0.05, 0.1) is 6.10 Å². The standard InChI is InChI=1S/C22H26N2O3/c1-21(2)15-12-16-18(14-6-4-3-5-7-14)26-11-9-22(16,13-15)20(21)23-19(25)17-8-10-27-24-17/h3-8,10,15-16,18,20H,9,11-13H2,1-2H3,(H,23,25)/t15-,16-,18-,20+,22-/m1/s1. The molecular weight excluding hydrogens is 340 g/mol. The molecule has 3 fully saturated rings. The largest absolute Gasteiger partial charge is 0.373 e. The minimum absolute atomic E-state index is 0.0640. The van der Waals surface area contributed by atoms with Gasteiger partial charge in [-0.15, -0.1) is 0 Å². The lowest BCUT2D eigenvalue weighted by Gasteiger charge is -2.53. The number of fused-ring (bicyclic) bond motifs is 1. The molecule has 27 heavy (non-hydrogen) atoms. The van der Waals surface area contributed by atoms with Gasteiger partial charge in [0.25, 0.3) is 5.91 Å². The first kappa shape index (κ1) is 17.0. The number of benzene rings is 1. The maximum absolute atomic E-state index is 12.8. The van der Waals surface area contributed by atoms with E-state index in [-0.39, 0.29) is 28.9 Å². The van der Waals surface area contributed by atoms with E-state index in [9.17, 15) is 4.79 Å². The van der Waals surface area contributed by atoms with Crippen LogP contribution in [0.15, 0.2) is 47.2 Å². The fourth-order valence-electron chi connectivity index (χ4n) is 6.29. The molecule has 5 nitrogen and oxygen atoms in total. The van der Waals surface area contributed by atoms with E-state index >= 15 is 0 Å². The Kier molecular flexibility index (Phi) is 3.73. The number of carbonyl (C=O) groups is 1. The van der Waals surface area contributed by atoms with E-state index in [0.29, 0.717) is 17.5 Å². The van der Waals surface area contributed by atoms with Crippen molar-refractivity contribution in [3.63, 3.8) is 0 Å². The van der Waals surface area contributed by atoms with E-state index in [1.54, 1.807) is 6.07 Å². The van der Waals surface area contributed by atoms with Gasteiger partial charge in [0.1, 0.15) is 6.26 Å². The molecule has 2 aromatic rings. The highest BCUT2D eigenvalue weighted by Gasteiger charge is 2.68. The van der Waals surface area contributed by atoms with Crippen LogP contribution in [0, 0.1) is 22.7 Å². The van der Waals surface area contributed by atoms with Gasteiger partial charge in [0.2, 0.25) is 0 Å². The Balaban J connectivity index is 1.49. The molecule has 1 saturated heterocycles. The van der Waals surface area contributed by atoms with E-state index in [4.69, 9.17) is 9.26 Å². The quantitative estimate of drug-likeness (QED) is 0.892. The summed E-state index contributed by atoms with van der Waals surface area (Å²) in [7, 11) is 0. The van der Waals surface area contributed by atoms with Crippen LogP contribution in [0.25, 0.3) is 0 Å². The summed E-state index contributed by atoms with van der Waals surface area (Å²) in [6, 6.07) is 12.3. The molecule has 5 rings (SSSR count). The second-order valence-electron chi connectivity index (χ2n) is 9.04. The Morgan fingerprint density at radius 3 is 2.78 bits per heavy atom. The Morgan fingerprint density at radius 1 is 1.22 bits per heavy atom. The molecular formula is C22H26N2O3. The molecule has 1 aromatic heterocycles. The molecule has 5 heteroatoms. The van der Waals surface area contributed by atoms with Crippen LogP contribution in [0.1, 0.15) is 55.3 Å². The molecule has 3 aliphatic rings. The van der Waals surface area contributed by atoms with Crippen LogP contribution >= 0.6 is 0 Å². The minimum Gasteiger partial charge on any atom is -0.373 e. The van der Waals surface area contributed by atoms with Crippen LogP contribution in [0.5, 0.6) is 0 Å². The van der Waals surface area contributed by atoms with E-state index < -0.39 is 0 Å². The molecule has 0 unspecified atom stereocenters. The van der Waals surface area contributed by atoms with Crippen LogP contribution in [-0.4, -0.2) is 23.7 Å². The van der Waals surface area contributed by atoms with Gasteiger partial charge >= 0.3 is 0 Å². The number of rotatable bonds is 3. The maximum Gasteiger partial charge on any atom is 0.273 e. The average Bonchev–Trinajstić information content (AvgIpc) is 3.37. The SMILES string of the molecule is CC1(C)[C@@H]2C[C@@H]3[C@@H](c4ccccc4)OCC[C@]3(C2)[C@H]1NC(=O)c1ccon1. The molecule has 2 aliphatic carbocycles. The van der Waals surface area contributed by atoms with Crippen molar-refractivity contribution in [1.29, 1.82) is 0 Å². The fraction of sp³-hybridized carbons (Fsp3) is 0.545. The van der Waals surface area contributed by atoms with Gasteiger partial charge in [-0.3, -0.25) is 4.79 Å². The van der Waals surface area contributed by atoms with Crippen LogP contribution in [-0.2, 0) is 4.74 Å². The topological polar surface area (TPSA) is 64.4 Å². The summed E-state index contributed by atoms with van der Waals surface area (Å²) in [6.45, 7) is 5.36. The average molecular weight is 366 g/mol. The first-order chi connectivity index (χ1) is 13.0. The summed E-state index contributed by atoms with van der Waals surface area (Å²) in [5.74, 6) is 0.901. The smallest absolute Gasteiger partial charge is 0.273 e. The van der Waals surface area contributed by atoms with Gasteiger partial charge in [-0.25, -0.2) is 0 Å². The van der Waals surface area contributed by atoms with Crippen molar-refractivity contribution in [2.45, 2.75) is 45.3 Å². The number of aromatic nitrogens is 1. The molecule has 1 aromatic carbocycles. The Hall–Kier alpha value is -2.14. The Morgan fingerprint density at radius 2 is 2.04 bits per heavy atom. The third-order valence-electron chi connectivity index (χ3n) is 7.58. The molecule has 5 atom stereocenters. The second-order valence-corrected chi connectivity index (χ2v) is 9.04. The first-order valence-corrected chi connectivity index (χ1v) is 9.90. The van der Waals surface area contributed by atoms with Crippen molar-refractivity contribution in [2.24, 2.45) is 22.7 Å². The molecule has 1 N–H and O–H groups in total. The monoisotopic (exact) mass is 366 g/mol. The van der Waals surface area contributed by atoms with Gasteiger partial charge in [0.15, 0.2) is 5.69 Å². The van der Waals surface area contributed by atoms with Crippen molar-refractivity contribution in [3.8, 4) is 0 Å².